The fourth-order valence-corrected chi connectivity index (χ4v) is 2.04. The highest BCUT2D eigenvalue weighted by atomic mass is 35.5. The maximum atomic E-state index is 12.6. The second-order valence-electron chi connectivity index (χ2n) is 4.30. The van der Waals surface area contributed by atoms with Crippen LogP contribution in [0.25, 0.3) is 0 Å². The van der Waals surface area contributed by atoms with Crippen molar-refractivity contribution in [3.63, 3.8) is 0 Å². The molecule has 0 aliphatic carbocycles. The fraction of sp³-hybridized carbons (Fsp3) is 0.143. The van der Waals surface area contributed by atoms with Gasteiger partial charge in [0.25, 0.3) is 0 Å². The molecule has 0 bridgehead atoms. The lowest BCUT2D eigenvalue weighted by Crippen LogP contribution is -2.08. The summed E-state index contributed by atoms with van der Waals surface area (Å²) in [4.78, 5) is 0. The van der Waals surface area contributed by atoms with Crippen molar-refractivity contribution in [1.82, 2.24) is 0 Å². The Hall–Kier alpha value is -1.72. The Balaban J connectivity index is 2.41. The molecular formula is C14H11ClF3NO. The summed E-state index contributed by atoms with van der Waals surface area (Å²) in [7, 11) is 0. The number of anilines is 1. The Kier molecular flexibility index (Phi) is 3.92. The van der Waals surface area contributed by atoms with Crippen LogP contribution in [0, 0.1) is 0 Å². The lowest BCUT2D eigenvalue weighted by atomic mass is 9.98. The standard InChI is InChI=1S/C14H11ClF3NO/c15-10-4-5-11(12(19)7-10)13(20)8-2-1-3-9(6-8)14(16,17)18/h1-7,13,20H,19H2. The molecular weight excluding hydrogens is 291 g/mol. The monoisotopic (exact) mass is 301 g/mol. The third kappa shape index (κ3) is 3.05. The molecule has 0 amide bonds. The first-order chi connectivity index (χ1) is 9.29. The Labute approximate surface area is 118 Å². The lowest BCUT2D eigenvalue weighted by Gasteiger charge is -2.16. The van der Waals surface area contributed by atoms with Gasteiger partial charge in [0.15, 0.2) is 0 Å². The third-order valence-electron chi connectivity index (χ3n) is 2.87. The zero-order chi connectivity index (χ0) is 14.9. The number of benzene rings is 2. The summed E-state index contributed by atoms with van der Waals surface area (Å²) in [6.07, 6.45) is -5.70. The van der Waals surface area contributed by atoms with E-state index in [1.54, 1.807) is 0 Å². The number of nitrogens with two attached hydrogens (primary N) is 1. The van der Waals surface area contributed by atoms with E-state index in [1.165, 1.54) is 30.3 Å². The fourth-order valence-electron chi connectivity index (χ4n) is 1.86. The molecule has 0 spiro atoms. The van der Waals surface area contributed by atoms with Crippen LogP contribution >= 0.6 is 11.6 Å². The minimum Gasteiger partial charge on any atom is -0.398 e. The van der Waals surface area contributed by atoms with Crippen molar-refractivity contribution in [2.75, 3.05) is 5.73 Å². The van der Waals surface area contributed by atoms with Gasteiger partial charge in [-0.15, -0.1) is 0 Å². The number of aliphatic hydroxyl groups excluding tert-OH is 1. The molecule has 0 aliphatic heterocycles. The van der Waals surface area contributed by atoms with Gasteiger partial charge in [-0.2, -0.15) is 13.2 Å². The summed E-state index contributed by atoms with van der Waals surface area (Å²) in [6, 6.07) is 8.95. The van der Waals surface area contributed by atoms with Crippen molar-refractivity contribution in [2.45, 2.75) is 12.3 Å². The predicted molar refractivity (Wildman–Crippen MR) is 71.4 cm³/mol. The predicted octanol–water partition coefficient (Wildman–Crippen LogP) is 4.02. The number of halogens is 4. The van der Waals surface area contributed by atoms with Gasteiger partial charge in [0.05, 0.1) is 5.56 Å². The largest absolute Gasteiger partial charge is 0.416 e. The summed E-state index contributed by atoms with van der Waals surface area (Å²) < 4.78 is 37.9. The average molecular weight is 302 g/mol. The highest BCUT2D eigenvalue weighted by molar-refractivity contribution is 6.30. The summed E-state index contributed by atoms with van der Waals surface area (Å²) >= 11 is 5.74. The Morgan fingerprint density at radius 2 is 1.80 bits per heavy atom. The molecule has 0 radical (unpaired) electrons. The van der Waals surface area contributed by atoms with E-state index in [1.807, 2.05) is 0 Å². The molecule has 0 fully saturated rings. The molecule has 0 heterocycles. The van der Waals surface area contributed by atoms with Gasteiger partial charge in [-0.05, 0) is 29.8 Å². The molecule has 2 rings (SSSR count). The number of aliphatic hydroxyl groups is 1. The van der Waals surface area contributed by atoms with E-state index in [9.17, 15) is 18.3 Å². The highest BCUT2D eigenvalue weighted by Crippen LogP contribution is 2.33. The van der Waals surface area contributed by atoms with Gasteiger partial charge in [0, 0.05) is 16.3 Å². The van der Waals surface area contributed by atoms with Gasteiger partial charge in [-0.3, -0.25) is 0 Å². The highest BCUT2D eigenvalue weighted by Gasteiger charge is 2.31. The molecule has 2 nitrogen and oxygen atoms in total. The number of nitrogen functional groups attached to an aromatic ring is 1. The maximum Gasteiger partial charge on any atom is 0.416 e. The van der Waals surface area contributed by atoms with Crippen LogP contribution < -0.4 is 5.73 Å². The van der Waals surface area contributed by atoms with Gasteiger partial charge in [0.2, 0.25) is 0 Å². The zero-order valence-corrected chi connectivity index (χ0v) is 10.9. The van der Waals surface area contributed by atoms with Gasteiger partial charge in [-0.25, -0.2) is 0 Å². The number of alkyl halides is 3. The lowest BCUT2D eigenvalue weighted by molar-refractivity contribution is -0.137. The molecule has 1 unspecified atom stereocenters. The van der Waals surface area contributed by atoms with Gasteiger partial charge < -0.3 is 10.8 Å². The molecule has 2 aromatic rings. The molecule has 20 heavy (non-hydrogen) atoms. The van der Waals surface area contributed by atoms with E-state index in [0.29, 0.717) is 10.6 Å². The summed E-state index contributed by atoms with van der Waals surface area (Å²) in [6.45, 7) is 0. The molecule has 0 saturated carbocycles. The molecule has 1 atom stereocenters. The Morgan fingerprint density at radius 1 is 1.10 bits per heavy atom. The third-order valence-corrected chi connectivity index (χ3v) is 3.11. The Morgan fingerprint density at radius 3 is 2.40 bits per heavy atom. The minimum atomic E-state index is -4.46. The van der Waals surface area contributed by atoms with Crippen molar-refractivity contribution in [3.8, 4) is 0 Å². The van der Waals surface area contributed by atoms with Crippen LogP contribution in [0.5, 0.6) is 0 Å². The van der Waals surface area contributed by atoms with Gasteiger partial charge in [-0.1, -0.05) is 29.8 Å². The molecule has 3 N–H and O–H groups in total. The smallest absolute Gasteiger partial charge is 0.398 e. The average Bonchev–Trinajstić information content (AvgIpc) is 2.37. The maximum absolute atomic E-state index is 12.6. The summed E-state index contributed by atoms with van der Waals surface area (Å²) in [5.41, 5.74) is 5.56. The molecule has 6 heteroatoms. The van der Waals surface area contributed by atoms with Crippen molar-refractivity contribution in [2.24, 2.45) is 0 Å². The van der Waals surface area contributed by atoms with Crippen LogP contribution in [-0.4, -0.2) is 5.11 Å². The number of hydrogen-bond acceptors (Lipinski definition) is 2. The number of rotatable bonds is 2. The first-order valence-electron chi connectivity index (χ1n) is 5.69. The molecule has 0 aromatic heterocycles. The van der Waals surface area contributed by atoms with E-state index in [2.05, 4.69) is 0 Å². The van der Waals surface area contributed by atoms with Crippen LogP contribution in [0.4, 0.5) is 18.9 Å². The van der Waals surface area contributed by atoms with E-state index in [0.717, 1.165) is 12.1 Å². The quantitative estimate of drug-likeness (QED) is 0.823. The first kappa shape index (κ1) is 14.7. The van der Waals surface area contributed by atoms with Crippen LogP contribution in [0.2, 0.25) is 5.02 Å². The minimum absolute atomic E-state index is 0.119. The molecule has 2 aromatic carbocycles. The van der Waals surface area contributed by atoms with E-state index in [4.69, 9.17) is 17.3 Å². The second-order valence-corrected chi connectivity index (χ2v) is 4.74. The first-order valence-corrected chi connectivity index (χ1v) is 6.07. The van der Waals surface area contributed by atoms with Crippen LogP contribution in [-0.2, 0) is 6.18 Å². The summed E-state index contributed by atoms with van der Waals surface area (Å²) in [5.74, 6) is 0. The topological polar surface area (TPSA) is 46.2 Å². The zero-order valence-electron chi connectivity index (χ0n) is 10.2. The van der Waals surface area contributed by atoms with E-state index in [-0.39, 0.29) is 11.3 Å². The van der Waals surface area contributed by atoms with Gasteiger partial charge in [0.1, 0.15) is 6.10 Å². The van der Waals surface area contributed by atoms with E-state index < -0.39 is 17.8 Å². The van der Waals surface area contributed by atoms with Crippen LogP contribution in [0.15, 0.2) is 42.5 Å². The number of hydrogen-bond donors (Lipinski definition) is 2. The van der Waals surface area contributed by atoms with Crippen molar-refractivity contribution in [1.29, 1.82) is 0 Å². The van der Waals surface area contributed by atoms with Crippen LogP contribution in [0.3, 0.4) is 0 Å². The van der Waals surface area contributed by atoms with E-state index >= 15 is 0 Å². The molecule has 106 valence electrons. The van der Waals surface area contributed by atoms with Crippen molar-refractivity contribution < 1.29 is 18.3 Å². The molecule has 0 saturated heterocycles. The molecule has 0 aliphatic rings. The van der Waals surface area contributed by atoms with Crippen molar-refractivity contribution in [3.05, 3.63) is 64.2 Å². The second kappa shape index (κ2) is 5.34. The van der Waals surface area contributed by atoms with Gasteiger partial charge >= 0.3 is 6.18 Å². The SMILES string of the molecule is Nc1cc(Cl)ccc1C(O)c1cccc(C(F)(F)F)c1. The Bertz CT molecular complexity index is 628. The normalized spacial score (nSPS) is 13.2. The van der Waals surface area contributed by atoms with Crippen molar-refractivity contribution >= 4 is 17.3 Å². The van der Waals surface area contributed by atoms with Crippen LogP contribution in [0.1, 0.15) is 22.8 Å². The summed E-state index contributed by atoms with van der Waals surface area (Å²) in [5, 5.41) is 10.6.